The van der Waals surface area contributed by atoms with Crippen molar-refractivity contribution in [3.8, 4) is 5.75 Å². The Balaban J connectivity index is 2.04. The fourth-order valence-corrected chi connectivity index (χ4v) is 2.74. The fraction of sp³-hybridized carbons (Fsp3) is 0.250. The summed E-state index contributed by atoms with van der Waals surface area (Å²) in [6.07, 6.45) is 1.97. The Kier molecular flexibility index (Phi) is 3.64. The van der Waals surface area contributed by atoms with E-state index in [2.05, 4.69) is 0 Å². The quantitative estimate of drug-likeness (QED) is 0.912. The Labute approximate surface area is 122 Å². The second-order valence-corrected chi connectivity index (χ2v) is 5.37. The van der Waals surface area contributed by atoms with Crippen molar-refractivity contribution in [3.05, 3.63) is 63.9 Å². The summed E-state index contributed by atoms with van der Waals surface area (Å²) in [4.78, 5) is 0. The molecule has 0 amide bonds. The van der Waals surface area contributed by atoms with E-state index in [1.165, 1.54) is 6.07 Å². The van der Waals surface area contributed by atoms with Gasteiger partial charge in [-0.1, -0.05) is 35.9 Å². The monoisotopic (exact) mass is 291 g/mol. The molecule has 104 valence electrons. The molecule has 0 saturated heterocycles. The molecule has 0 saturated carbocycles. The van der Waals surface area contributed by atoms with E-state index in [-0.39, 0.29) is 0 Å². The number of halogens is 2. The van der Waals surface area contributed by atoms with Crippen LogP contribution in [-0.4, -0.2) is 6.61 Å². The smallest absolute Gasteiger partial charge is 0.129 e. The first-order valence-corrected chi connectivity index (χ1v) is 7.00. The van der Waals surface area contributed by atoms with Crippen molar-refractivity contribution in [3.63, 3.8) is 0 Å². The highest BCUT2D eigenvalue weighted by molar-refractivity contribution is 6.30. The van der Waals surface area contributed by atoms with Crippen molar-refractivity contribution in [2.75, 3.05) is 6.61 Å². The Bertz CT molecular complexity index is 644. The second kappa shape index (κ2) is 5.43. The SMILES string of the molecule is NC(c1ccc(Cl)cc1F)c1cccc2c1OCCC2. The number of aryl methyl sites for hydroxylation is 1. The Morgan fingerprint density at radius 3 is 2.85 bits per heavy atom. The normalized spacial score (nSPS) is 15.3. The largest absolute Gasteiger partial charge is 0.493 e. The van der Waals surface area contributed by atoms with Crippen LogP contribution in [0.4, 0.5) is 4.39 Å². The van der Waals surface area contributed by atoms with E-state index >= 15 is 0 Å². The maximum Gasteiger partial charge on any atom is 0.129 e. The van der Waals surface area contributed by atoms with Gasteiger partial charge in [-0.2, -0.15) is 0 Å². The van der Waals surface area contributed by atoms with E-state index in [1.54, 1.807) is 12.1 Å². The lowest BCUT2D eigenvalue weighted by Crippen LogP contribution is -2.18. The number of para-hydroxylation sites is 1. The third-order valence-electron chi connectivity index (χ3n) is 3.60. The van der Waals surface area contributed by atoms with Crippen LogP contribution in [0.3, 0.4) is 0 Å². The van der Waals surface area contributed by atoms with Crippen molar-refractivity contribution in [2.24, 2.45) is 5.73 Å². The van der Waals surface area contributed by atoms with Crippen LogP contribution < -0.4 is 10.5 Å². The Morgan fingerprint density at radius 1 is 1.20 bits per heavy atom. The molecule has 0 fully saturated rings. The van der Waals surface area contributed by atoms with Gasteiger partial charge in [-0.25, -0.2) is 4.39 Å². The maximum absolute atomic E-state index is 14.0. The number of nitrogens with two attached hydrogens (primary N) is 1. The number of ether oxygens (including phenoxy) is 1. The molecule has 0 aromatic heterocycles. The van der Waals surface area contributed by atoms with Crippen LogP contribution in [0, 0.1) is 5.82 Å². The zero-order chi connectivity index (χ0) is 14.1. The maximum atomic E-state index is 14.0. The molecule has 3 rings (SSSR count). The van der Waals surface area contributed by atoms with Crippen molar-refractivity contribution in [1.82, 2.24) is 0 Å². The highest BCUT2D eigenvalue weighted by Crippen LogP contribution is 2.35. The van der Waals surface area contributed by atoms with Gasteiger partial charge in [-0.05, 0) is 30.5 Å². The van der Waals surface area contributed by atoms with Gasteiger partial charge in [0.05, 0.1) is 12.6 Å². The summed E-state index contributed by atoms with van der Waals surface area (Å²) in [5.74, 6) is 0.416. The summed E-state index contributed by atoms with van der Waals surface area (Å²) in [7, 11) is 0. The number of rotatable bonds is 2. The van der Waals surface area contributed by atoms with Gasteiger partial charge in [0.2, 0.25) is 0 Å². The molecule has 1 heterocycles. The molecule has 0 spiro atoms. The van der Waals surface area contributed by atoms with Crippen LogP contribution in [0.5, 0.6) is 5.75 Å². The van der Waals surface area contributed by atoms with Crippen LogP contribution in [0.15, 0.2) is 36.4 Å². The molecular weight excluding hydrogens is 277 g/mol. The molecule has 1 unspecified atom stereocenters. The van der Waals surface area contributed by atoms with E-state index in [0.717, 1.165) is 29.7 Å². The number of hydrogen-bond donors (Lipinski definition) is 1. The van der Waals surface area contributed by atoms with Gasteiger partial charge < -0.3 is 10.5 Å². The molecule has 2 aromatic rings. The summed E-state index contributed by atoms with van der Waals surface area (Å²) in [6, 6.07) is 9.87. The molecule has 2 N–H and O–H groups in total. The van der Waals surface area contributed by atoms with E-state index in [0.29, 0.717) is 17.2 Å². The number of hydrogen-bond acceptors (Lipinski definition) is 2. The van der Waals surface area contributed by atoms with Gasteiger partial charge in [0.15, 0.2) is 0 Å². The van der Waals surface area contributed by atoms with Crippen LogP contribution in [0.2, 0.25) is 5.02 Å². The summed E-state index contributed by atoms with van der Waals surface area (Å²) >= 11 is 5.78. The molecule has 1 aliphatic rings. The molecule has 0 radical (unpaired) electrons. The first kappa shape index (κ1) is 13.4. The first-order valence-electron chi connectivity index (χ1n) is 6.62. The Morgan fingerprint density at radius 2 is 2.05 bits per heavy atom. The summed E-state index contributed by atoms with van der Waals surface area (Å²) in [6.45, 7) is 0.680. The van der Waals surface area contributed by atoms with E-state index in [1.807, 2.05) is 18.2 Å². The van der Waals surface area contributed by atoms with Gasteiger partial charge in [-0.15, -0.1) is 0 Å². The number of benzene rings is 2. The third kappa shape index (κ3) is 2.39. The molecule has 2 aromatic carbocycles. The fourth-order valence-electron chi connectivity index (χ4n) is 2.58. The van der Waals surface area contributed by atoms with Crippen LogP contribution in [0.25, 0.3) is 0 Å². The van der Waals surface area contributed by atoms with Crippen molar-refractivity contribution in [1.29, 1.82) is 0 Å². The van der Waals surface area contributed by atoms with Crippen molar-refractivity contribution >= 4 is 11.6 Å². The molecule has 1 aliphatic heterocycles. The lowest BCUT2D eigenvalue weighted by Gasteiger charge is -2.23. The minimum absolute atomic E-state index is 0.366. The molecule has 4 heteroatoms. The van der Waals surface area contributed by atoms with Gasteiger partial charge in [0.1, 0.15) is 11.6 Å². The Hall–Kier alpha value is -1.58. The average molecular weight is 292 g/mol. The summed E-state index contributed by atoms with van der Waals surface area (Å²) in [5, 5.41) is 0.366. The van der Waals surface area contributed by atoms with Crippen molar-refractivity contribution < 1.29 is 9.13 Å². The molecular formula is C16H15ClFNO. The van der Waals surface area contributed by atoms with E-state index in [4.69, 9.17) is 22.1 Å². The molecule has 0 aliphatic carbocycles. The summed E-state index contributed by atoms with van der Waals surface area (Å²) < 4.78 is 19.7. The van der Waals surface area contributed by atoms with E-state index in [9.17, 15) is 4.39 Å². The first-order chi connectivity index (χ1) is 9.66. The zero-order valence-electron chi connectivity index (χ0n) is 10.9. The van der Waals surface area contributed by atoms with Gasteiger partial charge >= 0.3 is 0 Å². The van der Waals surface area contributed by atoms with Gasteiger partial charge in [-0.3, -0.25) is 0 Å². The van der Waals surface area contributed by atoms with Crippen LogP contribution in [-0.2, 0) is 6.42 Å². The lowest BCUT2D eigenvalue weighted by atomic mass is 9.94. The highest BCUT2D eigenvalue weighted by atomic mass is 35.5. The van der Waals surface area contributed by atoms with Gasteiger partial charge in [0, 0.05) is 16.1 Å². The molecule has 20 heavy (non-hydrogen) atoms. The van der Waals surface area contributed by atoms with Crippen molar-refractivity contribution in [2.45, 2.75) is 18.9 Å². The predicted molar refractivity (Wildman–Crippen MR) is 77.7 cm³/mol. The minimum atomic E-state index is -0.555. The van der Waals surface area contributed by atoms with E-state index < -0.39 is 11.9 Å². The molecule has 0 bridgehead atoms. The third-order valence-corrected chi connectivity index (χ3v) is 3.83. The number of fused-ring (bicyclic) bond motifs is 1. The second-order valence-electron chi connectivity index (χ2n) is 4.93. The topological polar surface area (TPSA) is 35.2 Å². The molecule has 1 atom stereocenters. The standard InChI is InChI=1S/C16H15ClFNO/c17-11-6-7-12(14(18)9-11)15(19)13-5-1-3-10-4-2-8-20-16(10)13/h1,3,5-7,9,15H,2,4,8,19H2. The van der Waals surface area contributed by atoms with Gasteiger partial charge in [0.25, 0.3) is 0 Å². The lowest BCUT2D eigenvalue weighted by molar-refractivity contribution is 0.284. The van der Waals surface area contributed by atoms with Crippen LogP contribution in [0.1, 0.15) is 29.2 Å². The minimum Gasteiger partial charge on any atom is -0.493 e. The molecule has 2 nitrogen and oxygen atoms in total. The zero-order valence-corrected chi connectivity index (χ0v) is 11.7. The summed E-state index contributed by atoms with van der Waals surface area (Å²) in [5.41, 5.74) is 8.62. The average Bonchev–Trinajstić information content (AvgIpc) is 2.46. The predicted octanol–water partition coefficient (Wildman–Crippen LogP) is 3.85. The van der Waals surface area contributed by atoms with Crippen LogP contribution >= 0.6 is 11.6 Å². The highest BCUT2D eigenvalue weighted by Gasteiger charge is 2.21.